The van der Waals surface area contributed by atoms with E-state index in [4.69, 9.17) is 15.3 Å². The smallest absolute Gasteiger partial charge is 0.0689 e. The lowest BCUT2D eigenvalue weighted by molar-refractivity contribution is 0.0706. The van der Waals surface area contributed by atoms with Crippen LogP contribution in [0.25, 0.3) is 0 Å². The summed E-state index contributed by atoms with van der Waals surface area (Å²) in [5.74, 6) is 0. The van der Waals surface area contributed by atoms with Gasteiger partial charge in [0.05, 0.1) is 19.3 Å². The molecule has 0 aliphatic heterocycles. The van der Waals surface area contributed by atoms with Crippen LogP contribution >= 0.6 is 0 Å². The predicted molar refractivity (Wildman–Crippen MR) is 48.3 cm³/mol. The number of aliphatic hydroxyl groups is 4. The number of aliphatic hydroxyl groups excluding tert-OH is 4. The van der Waals surface area contributed by atoms with Crippen LogP contribution in [0.3, 0.4) is 0 Å². The van der Waals surface area contributed by atoms with Gasteiger partial charge >= 0.3 is 0 Å². The lowest BCUT2D eigenvalue weighted by Gasteiger charge is -2.22. The number of hydrogen-bond donors (Lipinski definition) is 4. The Morgan fingerprint density at radius 3 is 1.85 bits per heavy atom. The second-order valence-electron chi connectivity index (χ2n) is 2.91. The summed E-state index contributed by atoms with van der Waals surface area (Å²) in [6, 6.07) is 0. The maximum Gasteiger partial charge on any atom is 0.0689 e. The van der Waals surface area contributed by atoms with Crippen LogP contribution in [0.5, 0.6) is 0 Å². The standard InChI is InChI=1S/C8H19NO4/c10-4-1-8(13)7-9(2-5-11)3-6-12/h8,10-13H,1-7H2. The second kappa shape index (κ2) is 8.40. The van der Waals surface area contributed by atoms with Gasteiger partial charge < -0.3 is 20.4 Å². The van der Waals surface area contributed by atoms with Crippen LogP contribution in [0, 0.1) is 0 Å². The van der Waals surface area contributed by atoms with Crippen molar-refractivity contribution in [2.45, 2.75) is 12.5 Å². The summed E-state index contributed by atoms with van der Waals surface area (Å²) >= 11 is 0. The fourth-order valence-electron chi connectivity index (χ4n) is 1.12. The van der Waals surface area contributed by atoms with Crippen LogP contribution < -0.4 is 0 Å². The van der Waals surface area contributed by atoms with Gasteiger partial charge in [-0.05, 0) is 6.42 Å². The Bertz CT molecular complexity index is 106. The number of rotatable bonds is 8. The van der Waals surface area contributed by atoms with Crippen LogP contribution in [-0.2, 0) is 0 Å². The van der Waals surface area contributed by atoms with Crippen molar-refractivity contribution in [3.05, 3.63) is 0 Å². The van der Waals surface area contributed by atoms with Gasteiger partial charge in [-0.15, -0.1) is 0 Å². The van der Waals surface area contributed by atoms with Gasteiger partial charge in [0.2, 0.25) is 0 Å². The van der Waals surface area contributed by atoms with E-state index in [1.807, 2.05) is 0 Å². The normalized spacial score (nSPS) is 13.6. The zero-order valence-electron chi connectivity index (χ0n) is 7.76. The van der Waals surface area contributed by atoms with Crippen LogP contribution in [0.15, 0.2) is 0 Å². The molecule has 0 aliphatic carbocycles. The third-order valence-electron chi connectivity index (χ3n) is 1.76. The average molecular weight is 193 g/mol. The van der Waals surface area contributed by atoms with E-state index in [9.17, 15) is 5.11 Å². The van der Waals surface area contributed by atoms with Crippen molar-refractivity contribution < 1.29 is 20.4 Å². The largest absolute Gasteiger partial charge is 0.396 e. The summed E-state index contributed by atoms with van der Waals surface area (Å²) in [4.78, 5) is 1.75. The van der Waals surface area contributed by atoms with Crippen LogP contribution in [0.4, 0.5) is 0 Å². The lowest BCUT2D eigenvalue weighted by Crippen LogP contribution is -2.36. The van der Waals surface area contributed by atoms with Crippen molar-refractivity contribution >= 4 is 0 Å². The highest BCUT2D eigenvalue weighted by molar-refractivity contribution is 4.63. The van der Waals surface area contributed by atoms with E-state index < -0.39 is 6.10 Å². The quantitative estimate of drug-likeness (QED) is 0.359. The van der Waals surface area contributed by atoms with Crippen LogP contribution in [-0.4, -0.2) is 70.9 Å². The van der Waals surface area contributed by atoms with E-state index in [1.165, 1.54) is 0 Å². The average Bonchev–Trinajstić information content (AvgIpc) is 2.05. The number of hydrogen-bond acceptors (Lipinski definition) is 5. The third kappa shape index (κ3) is 6.92. The maximum atomic E-state index is 9.31. The molecule has 4 N–H and O–H groups in total. The molecule has 0 heterocycles. The highest BCUT2D eigenvalue weighted by Gasteiger charge is 2.09. The minimum atomic E-state index is -0.594. The molecule has 0 rings (SSSR count). The van der Waals surface area contributed by atoms with Crippen LogP contribution in [0.2, 0.25) is 0 Å². The molecule has 5 nitrogen and oxygen atoms in total. The molecule has 0 saturated heterocycles. The Morgan fingerprint density at radius 1 is 0.923 bits per heavy atom. The topological polar surface area (TPSA) is 84.2 Å². The summed E-state index contributed by atoms with van der Waals surface area (Å²) in [6.07, 6.45) is -0.268. The van der Waals surface area contributed by atoms with Gasteiger partial charge in [0.1, 0.15) is 0 Å². The molecule has 0 amide bonds. The molecule has 0 radical (unpaired) electrons. The van der Waals surface area contributed by atoms with E-state index in [0.29, 0.717) is 26.1 Å². The Balaban J connectivity index is 3.64. The summed E-state index contributed by atoms with van der Waals surface area (Å²) in [5, 5.41) is 35.1. The Hall–Kier alpha value is -0.200. The highest BCUT2D eigenvalue weighted by atomic mass is 16.3. The molecule has 0 saturated carbocycles. The molecule has 0 aromatic carbocycles. The monoisotopic (exact) mass is 193 g/mol. The van der Waals surface area contributed by atoms with Crippen molar-refractivity contribution in [1.82, 2.24) is 4.90 Å². The van der Waals surface area contributed by atoms with Gasteiger partial charge in [0.15, 0.2) is 0 Å². The summed E-state index contributed by atoms with van der Waals surface area (Å²) in [6.45, 7) is 1.21. The fourth-order valence-corrected chi connectivity index (χ4v) is 1.12. The Morgan fingerprint density at radius 2 is 1.46 bits per heavy atom. The van der Waals surface area contributed by atoms with E-state index in [-0.39, 0.29) is 19.8 Å². The molecule has 0 aromatic rings. The zero-order chi connectivity index (χ0) is 10.1. The Labute approximate surface area is 78.2 Å². The molecule has 80 valence electrons. The van der Waals surface area contributed by atoms with Crippen LogP contribution in [0.1, 0.15) is 6.42 Å². The predicted octanol–water partition coefficient (Wildman–Crippen LogP) is -1.98. The molecule has 0 aromatic heterocycles. The van der Waals surface area contributed by atoms with Gasteiger partial charge in [-0.2, -0.15) is 0 Å². The first kappa shape index (κ1) is 12.8. The summed E-state index contributed by atoms with van der Waals surface area (Å²) in [5.41, 5.74) is 0. The van der Waals surface area contributed by atoms with Gasteiger partial charge in [0.25, 0.3) is 0 Å². The van der Waals surface area contributed by atoms with Crippen molar-refractivity contribution in [3.8, 4) is 0 Å². The molecule has 0 bridgehead atoms. The Kier molecular flexibility index (Phi) is 8.27. The maximum absolute atomic E-state index is 9.31. The molecule has 5 heteroatoms. The van der Waals surface area contributed by atoms with Gasteiger partial charge in [-0.3, -0.25) is 4.90 Å². The molecule has 0 fully saturated rings. The zero-order valence-corrected chi connectivity index (χ0v) is 7.76. The van der Waals surface area contributed by atoms with Crippen molar-refractivity contribution in [2.24, 2.45) is 0 Å². The van der Waals surface area contributed by atoms with Crippen molar-refractivity contribution in [1.29, 1.82) is 0 Å². The molecular weight excluding hydrogens is 174 g/mol. The minimum Gasteiger partial charge on any atom is -0.396 e. The van der Waals surface area contributed by atoms with E-state index >= 15 is 0 Å². The first-order valence-corrected chi connectivity index (χ1v) is 4.47. The molecule has 1 unspecified atom stereocenters. The van der Waals surface area contributed by atoms with E-state index in [0.717, 1.165) is 0 Å². The molecule has 13 heavy (non-hydrogen) atoms. The first-order chi connectivity index (χ1) is 6.24. The second-order valence-corrected chi connectivity index (χ2v) is 2.91. The van der Waals surface area contributed by atoms with Crippen molar-refractivity contribution in [3.63, 3.8) is 0 Å². The summed E-state index contributed by atoms with van der Waals surface area (Å²) in [7, 11) is 0. The first-order valence-electron chi connectivity index (χ1n) is 4.47. The highest BCUT2D eigenvalue weighted by Crippen LogP contribution is 1.95. The van der Waals surface area contributed by atoms with Gasteiger partial charge in [-0.25, -0.2) is 0 Å². The van der Waals surface area contributed by atoms with E-state index in [1.54, 1.807) is 4.90 Å². The molecule has 0 aliphatic rings. The van der Waals surface area contributed by atoms with Crippen molar-refractivity contribution in [2.75, 3.05) is 39.5 Å². The molecular formula is C8H19NO4. The number of nitrogens with zero attached hydrogens (tertiary/aromatic N) is 1. The lowest BCUT2D eigenvalue weighted by atomic mass is 10.2. The SMILES string of the molecule is OCCC(O)CN(CCO)CCO. The fraction of sp³-hybridized carbons (Fsp3) is 1.00. The molecule has 0 spiro atoms. The third-order valence-corrected chi connectivity index (χ3v) is 1.76. The van der Waals surface area contributed by atoms with E-state index in [2.05, 4.69) is 0 Å². The van der Waals surface area contributed by atoms with Gasteiger partial charge in [0, 0.05) is 26.2 Å². The summed E-state index contributed by atoms with van der Waals surface area (Å²) < 4.78 is 0. The molecule has 1 atom stereocenters. The minimum absolute atomic E-state index is 0.00580. The van der Waals surface area contributed by atoms with Gasteiger partial charge in [-0.1, -0.05) is 0 Å².